The summed E-state index contributed by atoms with van der Waals surface area (Å²) >= 11 is 1.49. The van der Waals surface area contributed by atoms with E-state index in [0.717, 1.165) is 4.88 Å². The smallest absolute Gasteiger partial charge is 0.263 e. The van der Waals surface area contributed by atoms with Gasteiger partial charge >= 0.3 is 0 Å². The highest BCUT2D eigenvalue weighted by Gasteiger charge is 2.14. The first-order valence-electron chi connectivity index (χ1n) is 3.93. The molecule has 0 fully saturated rings. The average Bonchev–Trinajstić information content (AvgIpc) is 2.53. The number of amides is 1. The van der Waals surface area contributed by atoms with Crippen molar-refractivity contribution in [1.82, 2.24) is 4.90 Å². The van der Waals surface area contributed by atoms with Crippen LogP contribution in [0.2, 0.25) is 0 Å². The fraction of sp³-hybridized carbons (Fsp3) is 0.444. The van der Waals surface area contributed by atoms with Gasteiger partial charge in [-0.1, -0.05) is 6.07 Å². The molecule has 0 aliphatic heterocycles. The molecule has 0 aliphatic rings. The predicted molar refractivity (Wildman–Crippen MR) is 51.5 cm³/mol. The van der Waals surface area contributed by atoms with Gasteiger partial charge < -0.3 is 4.90 Å². The molecule has 0 atom stereocenters. The Morgan fingerprint density at radius 1 is 1.58 bits per heavy atom. The summed E-state index contributed by atoms with van der Waals surface area (Å²) in [5.74, 6) is 0.111. The molecule has 0 spiro atoms. The maximum Gasteiger partial charge on any atom is 0.263 e. The van der Waals surface area contributed by atoms with Crippen LogP contribution in [0.4, 0.5) is 0 Å². The molecule has 3 heteroatoms. The van der Waals surface area contributed by atoms with Gasteiger partial charge in [0.1, 0.15) is 0 Å². The molecule has 0 saturated carbocycles. The lowest BCUT2D eigenvalue weighted by atomic mass is 10.3. The number of carbonyl (C=O) groups excluding carboxylic acids is 1. The van der Waals surface area contributed by atoms with Crippen LogP contribution in [0.25, 0.3) is 0 Å². The third-order valence-corrected chi connectivity index (χ3v) is 2.68. The summed E-state index contributed by atoms with van der Waals surface area (Å²) in [6, 6.07) is 4.01. The van der Waals surface area contributed by atoms with Crippen molar-refractivity contribution >= 4 is 17.2 Å². The van der Waals surface area contributed by atoms with Gasteiger partial charge in [0.15, 0.2) is 0 Å². The molecular weight excluding hydrogens is 170 g/mol. The molecule has 1 amide bonds. The Morgan fingerprint density at radius 2 is 2.25 bits per heavy atom. The summed E-state index contributed by atoms with van der Waals surface area (Å²) in [5, 5.41) is 1.92. The standard InChI is InChI=1S/C9H13NOS/c1-7(2)10(3)9(11)8-5-4-6-12-8/h4-7H,1-3H3. The Kier molecular flexibility index (Phi) is 2.87. The molecule has 12 heavy (non-hydrogen) atoms. The van der Waals surface area contributed by atoms with E-state index in [2.05, 4.69) is 0 Å². The zero-order valence-electron chi connectivity index (χ0n) is 7.57. The van der Waals surface area contributed by atoms with Crippen LogP contribution in [0.15, 0.2) is 17.5 Å². The number of nitrogens with zero attached hydrogens (tertiary/aromatic N) is 1. The van der Waals surface area contributed by atoms with E-state index >= 15 is 0 Å². The SMILES string of the molecule is CC(C)N(C)C(=O)c1cccs1. The molecule has 0 unspecified atom stereocenters. The number of carbonyl (C=O) groups is 1. The monoisotopic (exact) mass is 183 g/mol. The molecule has 1 aromatic heterocycles. The van der Waals surface area contributed by atoms with E-state index in [1.54, 1.807) is 4.90 Å². The molecule has 0 saturated heterocycles. The number of hydrogen-bond donors (Lipinski definition) is 0. The minimum Gasteiger partial charge on any atom is -0.339 e. The molecule has 0 aliphatic carbocycles. The number of rotatable bonds is 2. The van der Waals surface area contributed by atoms with Crippen LogP contribution in [0.1, 0.15) is 23.5 Å². The van der Waals surface area contributed by atoms with Gasteiger partial charge in [0.25, 0.3) is 5.91 Å². The van der Waals surface area contributed by atoms with Crippen LogP contribution < -0.4 is 0 Å². The second-order valence-electron chi connectivity index (χ2n) is 2.99. The zero-order valence-corrected chi connectivity index (χ0v) is 8.39. The molecule has 1 aromatic rings. The molecule has 66 valence electrons. The van der Waals surface area contributed by atoms with Gasteiger partial charge in [-0.25, -0.2) is 0 Å². The molecule has 1 rings (SSSR count). The van der Waals surface area contributed by atoms with E-state index < -0.39 is 0 Å². The van der Waals surface area contributed by atoms with Crippen molar-refractivity contribution in [2.45, 2.75) is 19.9 Å². The van der Waals surface area contributed by atoms with Crippen molar-refractivity contribution in [3.63, 3.8) is 0 Å². The second kappa shape index (κ2) is 3.72. The highest BCUT2D eigenvalue weighted by Crippen LogP contribution is 2.12. The summed E-state index contributed by atoms with van der Waals surface area (Å²) in [4.78, 5) is 14.1. The lowest BCUT2D eigenvalue weighted by molar-refractivity contribution is 0.0760. The van der Waals surface area contributed by atoms with E-state index in [9.17, 15) is 4.79 Å². The van der Waals surface area contributed by atoms with E-state index in [4.69, 9.17) is 0 Å². The van der Waals surface area contributed by atoms with Crippen molar-refractivity contribution in [2.75, 3.05) is 7.05 Å². The summed E-state index contributed by atoms with van der Waals surface area (Å²) in [6.45, 7) is 4.01. The second-order valence-corrected chi connectivity index (χ2v) is 3.93. The van der Waals surface area contributed by atoms with Gasteiger partial charge in [0, 0.05) is 13.1 Å². The van der Waals surface area contributed by atoms with Crippen molar-refractivity contribution in [2.24, 2.45) is 0 Å². The molecular formula is C9H13NOS. The Labute approximate surface area is 76.8 Å². The molecule has 0 N–H and O–H groups in total. The quantitative estimate of drug-likeness (QED) is 0.688. The van der Waals surface area contributed by atoms with E-state index in [1.807, 2.05) is 38.4 Å². The molecule has 1 heterocycles. The van der Waals surface area contributed by atoms with Gasteiger partial charge in [0.05, 0.1) is 4.88 Å². The van der Waals surface area contributed by atoms with Crippen LogP contribution in [0.3, 0.4) is 0 Å². The topological polar surface area (TPSA) is 20.3 Å². The Hall–Kier alpha value is -0.830. The van der Waals surface area contributed by atoms with Gasteiger partial charge in [0.2, 0.25) is 0 Å². The summed E-state index contributed by atoms with van der Waals surface area (Å²) < 4.78 is 0. The predicted octanol–water partition coefficient (Wildman–Crippen LogP) is 2.23. The van der Waals surface area contributed by atoms with E-state index in [1.165, 1.54) is 11.3 Å². The maximum atomic E-state index is 11.6. The largest absolute Gasteiger partial charge is 0.339 e. The minimum atomic E-state index is 0.111. The zero-order chi connectivity index (χ0) is 9.14. The van der Waals surface area contributed by atoms with Crippen molar-refractivity contribution < 1.29 is 4.79 Å². The van der Waals surface area contributed by atoms with Crippen molar-refractivity contribution in [3.05, 3.63) is 22.4 Å². The molecule has 2 nitrogen and oxygen atoms in total. The number of hydrogen-bond acceptors (Lipinski definition) is 2. The highest BCUT2D eigenvalue weighted by molar-refractivity contribution is 7.12. The number of thiophene rings is 1. The molecule has 0 radical (unpaired) electrons. The first-order chi connectivity index (χ1) is 5.63. The van der Waals surface area contributed by atoms with E-state index in [0.29, 0.717) is 0 Å². The maximum absolute atomic E-state index is 11.6. The fourth-order valence-corrected chi connectivity index (χ4v) is 1.51. The highest BCUT2D eigenvalue weighted by atomic mass is 32.1. The van der Waals surface area contributed by atoms with Gasteiger partial charge in [-0.05, 0) is 25.3 Å². The molecule has 0 bridgehead atoms. The van der Waals surface area contributed by atoms with Crippen LogP contribution in [-0.4, -0.2) is 23.9 Å². The minimum absolute atomic E-state index is 0.111. The normalized spacial score (nSPS) is 10.3. The third kappa shape index (κ3) is 1.85. The summed E-state index contributed by atoms with van der Waals surface area (Å²) in [5.41, 5.74) is 0. The van der Waals surface area contributed by atoms with Crippen molar-refractivity contribution in [3.8, 4) is 0 Å². The Morgan fingerprint density at radius 3 is 2.67 bits per heavy atom. The first kappa shape index (κ1) is 9.26. The van der Waals surface area contributed by atoms with Crippen LogP contribution in [-0.2, 0) is 0 Å². The summed E-state index contributed by atoms with van der Waals surface area (Å²) in [7, 11) is 1.83. The average molecular weight is 183 g/mol. The van der Waals surface area contributed by atoms with Crippen LogP contribution >= 0.6 is 11.3 Å². The third-order valence-electron chi connectivity index (χ3n) is 1.83. The van der Waals surface area contributed by atoms with Gasteiger partial charge in [-0.15, -0.1) is 11.3 Å². The lowest BCUT2D eigenvalue weighted by Gasteiger charge is -2.20. The van der Waals surface area contributed by atoms with Crippen molar-refractivity contribution in [1.29, 1.82) is 0 Å². The van der Waals surface area contributed by atoms with Gasteiger partial charge in [-0.2, -0.15) is 0 Å². The van der Waals surface area contributed by atoms with Crippen LogP contribution in [0.5, 0.6) is 0 Å². The molecule has 0 aromatic carbocycles. The van der Waals surface area contributed by atoms with E-state index in [-0.39, 0.29) is 11.9 Å². The van der Waals surface area contributed by atoms with Crippen LogP contribution in [0, 0.1) is 0 Å². The Bertz CT molecular complexity index is 254. The van der Waals surface area contributed by atoms with Gasteiger partial charge in [-0.3, -0.25) is 4.79 Å². The lowest BCUT2D eigenvalue weighted by Crippen LogP contribution is -2.32. The first-order valence-corrected chi connectivity index (χ1v) is 4.81. The summed E-state index contributed by atoms with van der Waals surface area (Å²) in [6.07, 6.45) is 0. The Balaban J connectivity index is 2.72. The fourth-order valence-electron chi connectivity index (χ4n) is 0.809.